The van der Waals surface area contributed by atoms with Gasteiger partial charge < -0.3 is 4.74 Å². The molecule has 0 spiro atoms. The summed E-state index contributed by atoms with van der Waals surface area (Å²) in [5.74, 6) is 0.908. The van der Waals surface area contributed by atoms with E-state index in [-0.39, 0.29) is 0 Å². The van der Waals surface area contributed by atoms with Crippen molar-refractivity contribution < 1.29 is 4.74 Å². The van der Waals surface area contributed by atoms with E-state index < -0.39 is 0 Å². The fraction of sp³-hybridized carbons (Fsp3) is 0.800. The van der Waals surface area contributed by atoms with E-state index in [1.165, 1.54) is 12.8 Å². The van der Waals surface area contributed by atoms with Crippen molar-refractivity contribution in [2.75, 3.05) is 13.2 Å². The number of hydrogen-bond acceptors (Lipinski definition) is 1. The number of ether oxygens (including phenoxy) is 1. The molecule has 1 aliphatic carbocycles. The molecule has 11 heavy (non-hydrogen) atoms. The molecule has 1 aliphatic rings. The third-order valence-electron chi connectivity index (χ3n) is 1.88. The van der Waals surface area contributed by atoms with Crippen LogP contribution in [0.2, 0.25) is 0 Å². The van der Waals surface area contributed by atoms with Crippen molar-refractivity contribution in [1.82, 2.24) is 0 Å². The van der Waals surface area contributed by atoms with Crippen molar-refractivity contribution in [3.8, 4) is 0 Å². The van der Waals surface area contributed by atoms with E-state index in [0.29, 0.717) is 0 Å². The molecule has 1 nitrogen and oxygen atoms in total. The Kier molecular flexibility index (Phi) is 4.29. The largest absolute Gasteiger partial charge is 0.381 e. The maximum atomic E-state index is 5.45. The molecule has 0 aromatic heterocycles. The van der Waals surface area contributed by atoms with Crippen LogP contribution in [0.1, 0.15) is 32.6 Å². The summed E-state index contributed by atoms with van der Waals surface area (Å²) < 4.78 is 5.45. The first kappa shape index (κ1) is 8.79. The van der Waals surface area contributed by atoms with Crippen molar-refractivity contribution in [3.05, 3.63) is 12.2 Å². The highest BCUT2D eigenvalue weighted by Crippen LogP contribution is 2.28. The Hall–Kier alpha value is -0.300. The molecule has 1 heteroatoms. The summed E-state index contributed by atoms with van der Waals surface area (Å²) in [6.07, 6.45) is 9.41. The SMILES string of the molecule is CC/C=C\CCOCC1CC1. The Labute approximate surface area is 69.4 Å². The third-order valence-corrected chi connectivity index (χ3v) is 1.88. The molecule has 0 aliphatic heterocycles. The van der Waals surface area contributed by atoms with Crippen LogP contribution in [-0.4, -0.2) is 13.2 Å². The standard InChI is InChI=1S/C10H18O/c1-2-3-4-5-8-11-9-10-6-7-10/h3-4,10H,2,5-9H2,1H3/b4-3-. The second-order valence-electron chi connectivity index (χ2n) is 3.19. The van der Waals surface area contributed by atoms with Crippen LogP contribution in [0.15, 0.2) is 12.2 Å². The summed E-state index contributed by atoms with van der Waals surface area (Å²) in [4.78, 5) is 0. The number of allylic oxidation sites excluding steroid dienone is 1. The Balaban J connectivity index is 1.76. The van der Waals surface area contributed by atoms with Gasteiger partial charge in [0.05, 0.1) is 6.61 Å². The fourth-order valence-corrected chi connectivity index (χ4v) is 0.970. The highest BCUT2D eigenvalue weighted by atomic mass is 16.5. The molecule has 0 N–H and O–H groups in total. The zero-order valence-electron chi connectivity index (χ0n) is 7.38. The van der Waals surface area contributed by atoms with E-state index in [4.69, 9.17) is 4.74 Å². The Morgan fingerprint density at radius 3 is 2.82 bits per heavy atom. The van der Waals surface area contributed by atoms with E-state index in [0.717, 1.165) is 32.0 Å². The molecular formula is C10H18O. The first-order valence-electron chi connectivity index (χ1n) is 4.66. The molecule has 1 fully saturated rings. The van der Waals surface area contributed by atoms with E-state index in [1.54, 1.807) is 0 Å². The van der Waals surface area contributed by atoms with Gasteiger partial charge in [-0.25, -0.2) is 0 Å². The number of rotatable bonds is 6. The van der Waals surface area contributed by atoms with E-state index >= 15 is 0 Å². The van der Waals surface area contributed by atoms with Gasteiger partial charge >= 0.3 is 0 Å². The first-order valence-corrected chi connectivity index (χ1v) is 4.66. The normalized spacial score (nSPS) is 17.9. The minimum Gasteiger partial charge on any atom is -0.381 e. The van der Waals surface area contributed by atoms with E-state index in [1.807, 2.05) is 0 Å². The van der Waals surface area contributed by atoms with Crippen LogP contribution in [0.5, 0.6) is 0 Å². The van der Waals surface area contributed by atoms with Crippen molar-refractivity contribution in [1.29, 1.82) is 0 Å². The average Bonchev–Trinajstić information content (AvgIpc) is 2.80. The van der Waals surface area contributed by atoms with Gasteiger partial charge in [-0.2, -0.15) is 0 Å². The summed E-state index contributed by atoms with van der Waals surface area (Å²) in [6.45, 7) is 4.06. The first-order chi connectivity index (χ1) is 5.43. The predicted octanol–water partition coefficient (Wildman–Crippen LogP) is 2.77. The van der Waals surface area contributed by atoms with Crippen LogP contribution < -0.4 is 0 Å². The van der Waals surface area contributed by atoms with Gasteiger partial charge in [-0.15, -0.1) is 0 Å². The van der Waals surface area contributed by atoms with Crippen LogP contribution in [0, 0.1) is 5.92 Å². The topological polar surface area (TPSA) is 9.23 Å². The Morgan fingerprint density at radius 1 is 1.36 bits per heavy atom. The zero-order chi connectivity index (χ0) is 7.94. The lowest BCUT2D eigenvalue weighted by atomic mass is 10.3. The molecule has 0 aromatic rings. The van der Waals surface area contributed by atoms with Gasteiger partial charge in [0.15, 0.2) is 0 Å². The Bertz CT molecular complexity index is 114. The zero-order valence-corrected chi connectivity index (χ0v) is 7.38. The van der Waals surface area contributed by atoms with Gasteiger partial charge in [0.25, 0.3) is 0 Å². The van der Waals surface area contributed by atoms with Gasteiger partial charge in [-0.1, -0.05) is 19.1 Å². The molecule has 1 rings (SSSR count). The minimum atomic E-state index is 0.908. The van der Waals surface area contributed by atoms with Crippen molar-refractivity contribution in [3.63, 3.8) is 0 Å². The minimum absolute atomic E-state index is 0.908. The van der Waals surface area contributed by atoms with Crippen LogP contribution >= 0.6 is 0 Å². The van der Waals surface area contributed by atoms with Gasteiger partial charge in [0.1, 0.15) is 0 Å². The van der Waals surface area contributed by atoms with Crippen LogP contribution in [-0.2, 0) is 4.74 Å². The van der Waals surface area contributed by atoms with E-state index in [2.05, 4.69) is 19.1 Å². The second-order valence-corrected chi connectivity index (χ2v) is 3.19. The molecule has 0 aromatic carbocycles. The molecule has 1 saturated carbocycles. The molecule has 0 unspecified atom stereocenters. The van der Waals surface area contributed by atoms with Gasteiger partial charge in [-0.05, 0) is 31.6 Å². The van der Waals surface area contributed by atoms with Gasteiger partial charge in [0, 0.05) is 6.61 Å². The summed E-state index contributed by atoms with van der Waals surface area (Å²) in [7, 11) is 0. The highest BCUT2D eigenvalue weighted by Gasteiger charge is 2.20. The van der Waals surface area contributed by atoms with Crippen molar-refractivity contribution in [2.24, 2.45) is 5.92 Å². The lowest BCUT2D eigenvalue weighted by molar-refractivity contribution is 0.129. The molecule has 0 heterocycles. The fourth-order valence-electron chi connectivity index (χ4n) is 0.970. The smallest absolute Gasteiger partial charge is 0.0500 e. The molecular weight excluding hydrogens is 136 g/mol. The van der Waals surface area contributed by atoms with Gasteiger partial charge in [0.2, 0.25) is 0 Å². The third kappa shape index (κ3) is 5.02. The molecule has 0 amide bonds. The highest BCUT2D eigenvalue weighted by molar-refractivity contribution is 4.79. The number of hydrogen-bond donors (Lipinski definition) is 0. The lowest BCUT2D eigenvalue weighted by Gasteiger charge is -1.98. The van der Waals surface area contributed by atoms with Gasteiger partial charge in [-0.3, -0.25) is 0 Å². The summed E-state index contributed by atoms with van der Waals surface area (Å²) in [5, 5.41) is 0. The van der Waals surface area contributed by atoms with Crippen molar-refractivity contribution >= 4 is 0 Å². The van der Waals surface area contributed by atoms with Crippen molar-refractivity contribution in [2.45, 2.75) is 32.6 Å². The Morgan fingerprint density at radius 2 is 2.18 bits per heavy atom. The van der Waals surface area contributed by atoms with E-state index in [9.17, 15) is 0 Å². The average molecular weight is 154 g/mol. The monoisotopic (exact) mass is 154 g/mol. The lowest BCUT2D eigenvalue weighted by Crippen LogP contribution is -1.96. The maximum absolute atomic E-state index is 5.45. The second kappa shape index (κ2) is 5.36. The molecule has 0 atom stereocenters. The summed E-state index contributed by atoms with van der Waals surface area (Å²) in [6, 6.07) is 0. The summed E-state index contributed by atoms with van der Waals surface area (Å²) >= 11 is 0. The molecule has 0 saturated heterocycles. The maximum Gasteiger partial charge on any atom is 0.0500 e. The van der Waals surface area contributed by atoms with Crippen LogP contribution in [0.4, 0.5) is 0 Å². The molecule has 0 radical (unpaired) electrons. The molecule has 0 bridgehead atoms. The van der Waals surface area contributed by atoms with Crippen LogP contribution in [0.3, 0.4) is 0 Å². The predicted molar refractivity (Wildman–Crippen MR) is 47.6 cm³/mol. The quantitative estimate of drug-likeness (QED) is 0.422. The molecule has 64 valence electrons. The summed E-state index contributed by atoms with van der Waals surface area (Å²) in [5.41, 5.74) is 0. The van der Waals surface area contributed by atoms with Crippen LogP contribution in [0.25, 0.3) is 0 Å².